The minimum absolute atomic E-state index is 0.0111. The van der Waals surface area contributed by atoms with Crippen LogP contribution in [0.2, 0.25) is 0 Å². The molecule has 0 spiro atoms. The molecule has 1 fully saturated rings. The molecule has 1 N–H and O–H groups in total. The van der Waals surface area contributed by atoms with Crippen LogP contribution >= 0.6 is 0 Å². The quantitative estimate of drug-likeness (QED) is 0.789. The van der Waals surface area contributed by atoms with Gasteiger partial charge in [-0.2, -0.15) is 0 Å². The lowest BCUT2D eigenvalue weighted by Gasteiger charge is -2.35. The average Bonchev–Trinajstić information content (AvgIpc) is 2.29. The molecule has 4 nitrogen and oxygen atoms in total. The van der Waals surface area contributed by atoms with Crippen LogP contribution in [0.4, 0.5) is 0 Å². The minimum atomic E-state index is -0.0111. The van der Waals surface area contributed by atoms with Crippen LogP contribution in [0.15, 0.2) is 0 Å². The summed E-state index contributed by atoms with van der Waals surface area (Å²) in [7, 11) is 1.67. The molecule has 0 aliphatic carbocycles. The third-order valence-electron chi connectivity index (χ3n) is 3.48. The number of carbonyl (C=O) groups is 1. The molecular formula is C13H26N2O2. The monoisotopic (exact) mass is 242 g/mol. The molecule has 4 heteroatoms. The Morgan fingerprint density at radius 3 is 2.76 bits per heavy atom. The zero-order valence-electron chi connectivity index (χ0n) is 11.5. The van der Waals surface area contributed by atoms with Gasteiger partial charge in [-0.3, -0.25) is 4.79 Å². The van der Waals surface area contributed by atoms with E-state index >= 15 is 0 Å². The fourth-order valence-corrected chi connectivity index (χ4v) is 2.37. The van der Waals surface area contributed by atoms with Crippen molar-refractivity contribution in [1.82, 2.24) is 10.2 Å². The first-order valence-corrected chi connectivity index (χ1v) is 6.60. The number of nitrogens with one attached hydrogen (secondary N) is 1. The van der Waals surface area contributed by atoms with E-state index in [9.17, 15) is 4.79 Å². The summed E-state index contributed by atoms with van der Waals surface area (Å²) < 4.78 is 5.07. The van der Waals surface area contributed by atoms with E-state index in [0.29, 0.717) is 19.1 Å². The number of rotatable bonds is 5. The Morgan fingerprint density at radius 2 is 2.24 bits per heavy atom. The van der Waals surface area contributed by atoms with Gasteiger partial charge in [0, 0.05) is 19.7 Å². The molecule has 0 aromatic heterocycles. The zero-order valence-corrected chi connectivity index (χ0v) is 11.5. The van der Waals surface area contributed by atoms with Crippen molar-refractivity contribution in [2.24, 2.45) is 5.92 Å². The highest BCUT2D eigenvalue weighted by molar-refractivity contribution is 5.82. The van der Waals surface area contributed by atoms with Gasteiger partial charge in [0.05, 0.1) is 12.6 Å². The van der Waals surface area contributed by atoms with Crippen molar-refractivity contribution in [3.63, 3.8) is 0 Å². The summed E-state index contributed by atoms with van der Waals surface area (Å²) in [5, 5.41) is 3.35. The van der Waals surface area contributed by atoms with E-state index in [1.807, 2.05) is 4.90 Å². The Morgan fingerprint density at radius 1 is 1.53 bits per heavy atom. The summed E-state index contributed by atoms with van der Waals surface area (Å²) in [5.41, 5.74) is 0. The highest BCUT2D eigenvalue weighted by Gasteiger charge is 2.31. The van der Waals surface area contributed by atoms with Crippen molar-refractivity contribution >= 4 is 5.91 Å². The van der Waals surface area contributed by atoms with Crippen LogP contribution in [0.5, 0.6) is 0 Å². The standard InChI is InChI=1S/C13H26N2O2/c1-10(2)15(8-9-17-4)13(16)12-11(3)6-5-7-14-12/h10-12,14H,5-9H2,1-4H3. The molecule has 1 saturated heterocycles. The lowest BCUT2D eigenvalue weighted by molar-refractivity contribution is -0.137. The first kappa shape index (κ1) is 14.5. The third-order valence-corrected chi connectivity index (χ3v) is 3.48. The number of amides is 1. The van der Waals surface area contributed by atoms with Gasteiger partial charge >= 0.3 is 0 Å². The topological polar surface area (TPSA) is 41.6 Å². The molecule has 0 radical (unpaired) electrons. The highest BCUT2D eigenvalue weighted by Crippen LogP contribution is 2.18. The van der Waals surface area contributed by atoms with E-state index in [4.69, 9.17) is 4.74 Å². The molecule has 0 saturated carbocycles. The molecule has 1 heterocycles. The van der Waals surface area contributed by atoms with E-state index in [-0.39, 0.29) is 18.0 Å². The lowest BCUT2D eigenvalue weighted by Crippen LogP contribution is -2.54. The van der Waals surface area contributed by atoms with Crippen molar-refractivity contribution in [1.29, 1.82) is 0 Å². The van der Waals surface area contributed by atoms with Crippen molar-refractivity contribution in [2.75, 3.05) is 26.8 Å². The number of carbonyl (C=O) groups excluding carboxylic acids is 1. The molecular weight excluding hydrogens is 216 g/mol. The average molecular weight is 242 g/mol. The van der Waals surface area contributed by atoms with Gasteiger partial charge in [0.15, 0.2) is 0 Å². The van der Waals surface area contributed by atoms with Crippen molar-refractivity contribution in [3.8, 4) is 0 Å². The molecule has 17 heavy (non-hydrogen) atoms. The summed E-state index contributed by atoms with van der Waals surface area (Å²) in [5.74, 6) is 0.657. The SMILES string of the molecule is COCCN(C(=O)C1NCCCC1C)C(C)C. The largest absolute Gasteiger partial charge is 0.383 e. The maximum Gasteiger partial charge on any atom is 0.240 e. The number of hydrogen-bond acceptors (Lipinski definition) is 3. The maximum absolute atomic E-state index is 12.5. The summed E-state index contributed by atoms with van der Waals surface area (Å²) in [6.07, 6.45) is 2.31. The minimum Gasteiger partial charge on any atom is -0.383 e. The van der Waals surface area contributed by atoms with Crippen LogP contribution < -0.4 is 5.32 Å². The predicted octanol–water partition coefficient (Wildman–Crippen LogP) is 1.26. The van der Waals surface area contributed by atoms with Gasteiger partial charge in [0.2, 0.25) is 5.91 Å². The second kappa shape index (κ2) is 6.97. The zero-order chi connectivity index (χ0) is 12.8. The van der Waals surface area contributed by atoms with Crippen LogP contribution in [0.1, 0.15) is 33.6 Å². The van der Waals surface area contributed by atoms with Gasteiger partial charge in [0.1, 0.15) is 0 Å². The van der Waals surface area contributed by atoms with Gasteiger partial charge in [-0.15, -0.1) is 0 Å². The second-order valence-corrected chi connectivity index (χ2v) is 5.17. The van der Waals surface area contributed by atoms with Crippen LogP contribution in [-0.4, -0.2) is 49.7 Å². The molecule has 2 atom stereocenters. The molecule has 100 valence electrons. The van der Waals surface area contributed by atoms with Gasteiger partial charge < -0.3 is 15.0 Å². The Bertz CT molecular complexity index is 244. The van der Waals surface area contributed by atoms with Crippen LogP contribution in [0.25, 0.3) is 0 Å². The Hall–Kier alpha value is -0.610. The van der Waals surface area contributed by atoms with Crippen molar-refractivity contribution in [2.45, 2.75) is 45.7 Å². The van der Waals surface area contributed by atoms with Gasteiger partial charge in [0.25, 0.3) is 0 Å². The fraction of sp³-hybridized carbons (Fsp3) is 0.923. The smallest absolute Gasteiger partial charge is 0.240 e. The number of hydrogen-bond donors (Lipinski definition) is 1. The van der Waals surface area contributed by atoms with Crippen LogP contribution in [0, 0.1) is 5.92 Å². The summed E-state index contributed by atoms with van der Waals surface area (Å²) in [6, 6.07) is 0.219. The molecule has 1 rings (SSSR count). The van der Waals surface area contributed by atoms with Gasteiger partial charge in [-0.1, -0.05) is 6.92 Å². The first-order valence-electron chi connectivity index (χ1n) is 6.60. The number of methoxy groups -OCH3 is 1. The predicted molar refractivity (Wildman–Crippen MR) is 68.9 cm³/mol. The molecule has 0 aromatic carbocycles. The fourth-order valence-electron chi connectivity index (χ4n) is 2.37. The normalized spacial score (nSPS) is 25.0. The van der Waals surface area contributed by atoms with E-state index in [0.717, 1.165) is 13.0 Å². The third kappa shape index (κ3) is 3.96. The Balaban J connectivity index is 2.62. The van der Waals surface area contributed by atoms with Crippen molar-refractivity contribution in [3.05, 3.63) is 0 Å². The van der Waals surface area contributed by atoms with Crippen LogP contribution in [0.3, 0.4) is 0 Å². The van der Waals surface area contributed by atoms with E-state index in [2.05, 4.69) is 26.1 Å². The number of piperidine rings is 1. The Labute approximate surface area is 105 Å². The van der Waals surface area contributed by atoms with Crippen molar-refractivity contribution < 1.29 is 9.53 Å². The van der Waals surface area contributed by atoms with Gasteiger partial charge in [-0.05, 0) is 39.2 Å². The Kier molecular flexibility index (Phi) is 5.92. The summed E-state index contributed by atoms with van der Waals surface area (Å²) in [4.78, 5) is 14.4. The highest BCUT2D eigenvalue weighted by atomic mass is 16.5. The lowest BCUT2D eigenvalue weighted by atomic mass is 9.91. The second-order valence-electron chi connectivity index (χ2n) is 5.17. The van der Waals surface area contributed by atoms with Crippen LogP contribution in [-0.2, 0) is 9.53 Å². The summed E-state index contributed by atoms with van der Waals surface area (Å²) >= 11 is 0. The molecule has 0 bridgehead atoms. The van der Waals surface area contributed by atoms with E-state index in [1.165, 1.54) is 6.42 Å². The number of ether oxygens (including phenoxy) is 1. The van der Waals surface area contributed by atoms with E-state index < -0.39 is 0 Å². The van der Waals surface area contributed by atoms with Gasteiger partial charge in [-0.25, -0.2) is 0 Å². The van der Waals surface area contributed by atoms with E-state index in [1.54, 1.807) is 7.11 Å². The maximum atomic E-state index is 12.5. The first-order chi connectivity index (χ1) is 8.07. The number of nitrogens with zero attached hydrogens (tertiary/aromatic N) is 1. The molecule has 1 amide bonds. The molecule has 2 unspecified atom stereocenters. The summed E-state index contributed by atoms with van der Waals surface area (Å²) in [6.45, 7) is 8.51. The molecule has 1 aliphatic heterocycles. The molecule has 0 aromatic rings. The molecule has 1 aliphatic rings.